The fourth-order valence-corrected chi connectivity index (χ4v) is 2.78. The maximum absolute atomic E-state index is 12.3. The van der Waals surface area contributed by atoms with Gasteiger partial charge in [-0.2, -0.15) is 0 Å². The van der Waals surface area contributed by atoms with Gasteiger partial charge in [-0.1, -0.05) is 32.1 Å². The van der Waals surface area contributed by atoms with Crippen LogP contribution in [0.2, 0.25) is 0 Å². The summed E-state index contributed by atoms with van der Waals surface area (Å²) < 4.78 is 0. The predicted octanol–water partition coefficient (Wildman–Crippen LogP) is 2.77. The molecule has 2 heteroatoms. The van der Waals surface area contributed by atoms with E-state index in [-0.39, 0.29) is 5.91 Å². The van der Waals surface area contributed by atoms with Crippen LogP contribution in [0.1, 0.15) is 33.1 Å². The molecule has 2 aliphatic rings. The van der Waals surface area contributed by atoms with Crippen LogP contribution in [-0.2, 0) is 4.79 Å². The van der Waals surface area contributed by atoms with E-state index in [1.165, 1.54) is 6.42 Å². The molecule has 1 aliphatic carbocycles. The third-order valence-corrected chi connectivity index (χ3v) is 3.40. The summed E-state index contributed by atoms with van der Waals surface area (Å²) in [5, 5.41) is 0. The highest BCUT2D eigenvalue weighted by Crippen LogP contribution is 2.23. The van der Waals surface area contributed by atoms with Crippen molar-refractivity contribution < 1.29 is 4.79 Å². The summed E-state index contributed by atoms with van der Waals surface area (Å²) in [5.74, 6) is 1.51. The Morgan fingerprint density at radius 1 is 1.25 bits per heavy atom. The van der Waals surface area contributed by atoms with Gasteiger partial charge in [0.1, 0.15) is 0 Å². The molecule has 2 unspecified atom stereocenters. The third kappa shape index (κ3) is 2.55. The van der Waals surface area contributed by atoms with Crippen molar-refractivity contribution in [1.29, 1.82) is 0 Å². The molecule has 0 aromatic rings. The van der Waals surface area contributed by atoms with Crippen molar-refractivity contribution in [2.24, 2.45) is 11.8 Å². The van der Waals surface area contributed by atoms with Gasteiger partial charge in [-0.3, -0.25) is 4.79 Å². The summed E-state index contributed by atoms with van der Waals surface area (Å²) in [7, 11) is 0. The third-order valence-electron chi connectivity index (χ3n) is 3.40. The van der Waals surface area contributed by atoms with Crippen LogP contribution in [0.4, 0.5) is 0 Å². The maximum atomic E-state index is 12.3. The van der Waals surface area contributed by atoms with Crippen LogP contribution in [0.15, 0.2) is 23.8 Å². The Bertz CT molecular complexity index is 320. The van der Waals surface area contributed by atoms with E-state index in [4.69, 9.17) is 0 Å². The van der Waals surface area contributed by atoms with Crippen molar-refractivity contribution in [2.75, 3.05) is 13.1 Å². The first-order chi connectivity index (χ1) is 7.66. The zero-order valence-electron chi connectivity index (χ0n) is 10.3. The second-order valence-electron chi connectivity index (χ2n) is 5.30. The predicted molar refractivity (Wildman–Crippen MR) is 66.0 cm³/mol. The van der Waals surface area contributed by atoms with Crippen LogP contribution in [0.3, 0.4) is 0 Å². The number of nitrogens with zero attached hydrogens (tertiary/aromatic N) is 1. The molecule has 88 valence electrons. The van der Waals surface area contributed by atoms with Crippen molar-refractivity contribution in [3.63, 3.8) is 0 Å². The van der Waals surface area contributed by atoms with Gasteiger partial charge in [0.2, 0.25) is 0 Å². The maximum Gasteiger partial charge on any atom is 0.253 e. The summed E-state index contributed by atoms with van der Waals surface area (Å²) in [4.78, 5) is 14.3. The minimum atomic E-state index is 0.231. The molecular weight excluding hydrogens is 198 g/mol. The quantitative estimate of drug-likeness (QED) is 0.664. The highest BCUT2D eigenvalue weighted by atomic mass is 16.2. The number of carbonyl (C=O) groups excluding carboxylic acids is 1. The molecule has 0 bridgehead atoms. The van der Waals surface area contributed by atoms with Crippen LogP contribution in [-0.4, -0.2) is 23.9 Å². The summed E-state index contributed by atoms with van der Waals surface area (Å²) in [6.07, 6.45) is 9.49. The van der Waals surface area contributed by atoms with E-state index in [9.17, 15) is 4.79 Å². The lowest BCUT2D eigenvalue weighted by atomic mass is 9.91. The molecule has 0 aromatic carbocycles. The van der Waals surface area contributed by atoms with Gasteiger partial charge in [0.05, 0.1) is 0 Å². The first-order valence-electron chi connectivity index (χ1n) is 6.33. The number of piperidine rings is 1. The molecule has 1 heterocycles. The Labute approximate surface area is 98.0 Å². The lowest BCUT2D eigenvalue weighted by Crippen LogP contribution is -2.43. The lowest BCUT2D eigenvalue weighted by molar-refractivity contribution is -0.129. The highest BCUT2D eigenvalue weighted by Gasteiger charge is 2.26. The Balaban J connectivity index is 2.03. The van der Waals surface area contributed by atoms with Crippen molar-refractivity contribution in [3.05, 3.63) is 23.8 Å². The topological polar surface area (TPSA) is 20.3 Å². The van der Waals surface area contributed by atoms with Gasteiger partial charge in [0, 0.05) is 18.7 Å². The van der Waals surface area contributed by atoms with Gasteiger partial charge in [-0.15, -0.1) is 0 Å². The fraction of sp³-hybridized carbons (Fsp3) is 0.643. The second-order valence-corrected chi connectivity index (χ2v) is 5.30. The molecule has 0 spiro atoms. The second kappa shape index (κ2) is 4.86. The fourth-order valence-electron chi connectivity index (χ4n) is 2.78. The van der Waals surface area contributed by atoms with Gasteiger partial charge >= 0.3 is 0 Å². The lowest BCUT2D eigenvalue weighted by Gasteiger charge is -2.35. The first kappa shape index (κ1) is 11.4. The van der Waals surface area contributed by atoms with Crippen molar-refractivity contribution >= 4 is 5.91 Å². The average Bonchev–Trinajstić information content (AvgIpc) is 2.28. The van der Waals surface area contributed by atoms with E-state index in [0.717, 1.165) is 31.5 Å². The summed E-state index contributed by atoms with van der Waals surface area (Å²) in [6.45, 7) is 6.32. The van der Waals surface area contributed by atoms with E-state index in [0.29, 0.717) is 11.8 Å². The molecule has 1 saturated heterocycles. The summed E-state index contributed by atoms with van der Waals surface area (Å²) >= 11 is 0. The van der Waals surface area contributed by atoms with Crippen molar-refractivity contribution in [1.82, 2.24) is 4.90 Å². The van der Waals surface area contributed by atoms with Gasteiger partial charge in [0.15, 0.2) is 0 Å². The molecule has 0 aromatic heterocycles. The van der Waals surface area contributed by atoms with Crippen molar-refractivity contribution in [2.45, 2.75) is 33.1 Å². The molecular formula is C14H21NO. The minimum absolute atomic E-state index is 0.231. The Kier molecular flexibility index (Phi) is 3.47. The van der Waals surface area contributed by atoms with Crippen LogP contribution in [0.25, 0.3) is 0 Å². The molecule has 1 aliphatic heterocycles. The zero-order valence-corrected chi connectivity index (χ0v) is 10.3. The summed E-state index contributed by atoms with van der Waals surface area (Å²) in [5.41, 5.74) is 0.896. The number of amides is 1. The van der Waals surface area contributed by atoms with Crippen LogP contribution in [0.5, 0.6) is 0 Å². The molecule has 1 amide bonds. The minimum Gasteiger partial charge on any atom is -0.338 e. The molecule has 1 fully saturated rings. The van der Waals surface area contributed by atoms with E-state index >= 15 is 0 Å². The van der Waals surface area contributed by atoms with Gasteiger partial charge in [-0.25, -0.2) is 0 Å². The van der Waals surface area contributed by atoms with Gasteiger partial charge < -0.3 is 4.90 Å². The average molecular weight is 219 g/mol. The molecule has 2 atom stereocenters. The van der Waals surface area contributed by atoms with Crippen LogP contribution < -0.4 is 0 Å². The monoisotopic (exact) mass is 219 g/mol. The van der Waals surface area contributed by atoms with Crippen LogP contribution in [0, 0.1) is 11.8 Å². The van der Waals surface area contributed by atoms with E-state index in [1.807, 2.05) is 11.0 Å². The Morgan fingerprint density at radius 3 is 2.50 bits per heavy atom. The standard InChI is InChI=1S/C14H21NO/c1-11-8-12(2)10-15(9-11)14(16)13-6-4-3-5-7-13/h4,6-7,11-12H,3,5,8-10H2,1-2H3. The molecule has 0 N–H and O–H groups in total. The molecule has 0 saturated carbocycles. The van der Waals surface area contributed by atoms with Crippen LogP contribution >= 0.6 is 0 Å². The van der Waals surface area contributed by atoms with Crippen molar-refractivity contribution in [3.8, 4) is 0 Å². The largest absolute Gasteiger partial charge is 0.338 e. The Morgan fingerprint density at radius 2 is 1.94 bits per heavy atom. The molecule has 2 nitrogen and oxygen atoms in total. The molecule has 16 heavy (non-hydrogen) atoms. The highest BCUT2D eigenvalue weighted by molar-refractivity contribution is 5.96. The van der Waals surface area contributed by atoms with E-state index in [2.05, 4.69) is 26.0 Å². The smallest absolute Gasteiger partial charge is 0.253 e. The van der Waals surface area contributed by atoms with E-state index in [1.54, 1.807) is 0 Å². The number of hydrogen-bond donors (Lipinski definition) is 0. The number of allylic oxidation sites excluding steroid dienone is 2. The SMILES string of the molecule is CC1CC(C)CN(C(=O)C2=CCCC=C2)C1. The number of carbonyl (C=O) groups is 1. The number of likely N-dealkylation sites (tertiary alicyclic amines) is 1. The molecule has 2 rings (SSSR count). The Hall–Kier alpha value is -1.05. The first-order valence-corrected chi connectivity index (χ1v) is 6.33. The number of hydrogen-bond acceptors (Lipinski definition) is 1. The van der Waals surface area contributed by atoms with E-state index < -0.39 is 0 Å². The van der Waals surface area contributed by atoms with Gasteiger partial charge in [-0.05, 0) is 31.1 Å². The number of rotatable bonds is 1. The van der Waals surface area contributed by atoms with Gasteiger partial charge in [0.25, 0.3) is 5.91 Å². The zero-order chi connectivity index (χ0) is 11.5. The summed E-state index contributed by atoms with van der Waals surface area (Å²) in [6, 6.07) is 0. The normalized spacial score (nSPS) is 30.1. The molecule has 0 radical (unpaired) electrons.